The Kier molecular flexibility index (Phi) is 4.21. The highest BCUT2D eigenvalue weighted by atomic mass is 16.6. The summed E-state index contributed by atoms with van der Waals surface area (Å²) in [6, 6.07) is 0. The highest BCUT2D eigenvalue weighted by Gasteiger charge is 2.53. The molecule has 0 amide bonds. The van der Waals surface area contributed by atoms with Gasteiger partial charge in [0.2, 0.25) is 0 Å². The van der Waals surface area contributed by atoms with E-state index in [9.17, 15) is 9.59 Å². The summed E-state index contributed by atoms with van der Waals surface area (Å²) in [5.41, 5.74) is -0.228. The van der Waals surface area contributed by atoms with Gasteiger partial charge >= 0.3 is 11.9 Å². The highest BCUT2D eigenvalue weighted by Crippen LogP contribution is 2.57. The van der Waals surface area contributed by atoms with Gasteiger partial charge in [-0.2, -0.15) is 0 Å². The predicted octanol–water partition coefficient (Wildman–Crippen LogP) is 3.33. The monoisotopic (exact) mass is 308 g/mol. The molecule has 124 valence electrons. The van der Waals surface area contributed by atoms with Crippen LogP contribution in [-0.2, 0) is 19.1 Å². The van der Waals surface area contributed by atoms with Crippen molar-refractivity contribution in [2.45, 2.75) is 64.9 Å². The molecule has 0 saturated heterocycles. The summed E-state index contributed by atoms with van der Waals surface area (Å²) in [6.45, 7) is 5.66. The van der Waals surface area contributed by atoms with E-state index in [0.717, 1.165) is 37.0 Å². The number of carbonyl (C=O) groups is 2. The number of hydrogen-bond acceptors (Lipinski definition) is 4. The van der Waals surface area contributed by atoms with Gasteiger partial charge < -0.3 is 9.47 Å². The van der Waals surface area contributed by atoms with Gasteiger partial charge in [-0.3, -0.25) is 9.59 Å². The largest absolute Gasteiger partial charge is 0.466 e. The van der Waals surface area contributed by atoms with Gasteiger partial charge in [0.15, 0.2) is 0 Å². The summed E-state index contributed by atoms with van der Waals surface area (Å²) in [6.07, 6.45) is 7.07. The highest BCUT2D eigenvalue weighted by molar-refractivity contribution is 5.81. The van der Waals surface area contributed by atoms with E-state index in [1.165, 1.54) is 19.3 Å². The lowest BCUT2D eigenvalue weighted by Gasteiger charge is -2.55. The van der Waals surface area contributed by atoms with E-state index < -0.39 is 11.8 Å². The fourth-order valence-electron chi connectivity index (χ4n) is 5.14. The second-order valence-electron chi connectivity index (χ2n) is 7.85. The zero-order valence-corrected chi connectivity index (χ0v) is 14.0. The molecular formula is C18H28O4. The van der Waals surface area contributed by atoms with Crippen LogP contribution in [0.3, 0.4) is 0 Å². The van der Waals surface area contributed by atoms with E-state index in [1.807, 2.05) is 0 Å². The molecule has 4 rings (SSSR count). The van der Waals surface area contributed by atoms with Crippen molar-refractivity contribution in [1.82, 2.24) is 0 Å². The Morgan fingerprint density at radius 1 is 0.955 bits per heavy atom. The SMILES string of the molecule is CCOC(=O)C(C)C(C)C(=O)OC12CC3CC(CC(C3)C1)C2. The lowest BCUT2D eigenvalue weighted by molar-refractivity contribution is -0.193. The molecule has 22 heavy (non-hydrogen) atoms. The smallest absolute Gasteiger partial charge is 0.310 e. The molecule has 4 saturated carbocycles. The van der Waals surface area contributed by atoms with E-state index in [-0.39, 0.29) is 17.5 Å². The summed E-state index contributed by atoms with van der Waals surface area (Å²) < 4.78 is 11.0. The lowest BCUT2D eigenvalue weighted by Crippen LogP contribution is -2.53. The number of hydrogen-bond donors (Lipinski definition) is 0. The van der Waals surface area contributed by atoms with Crippen molar-refractivity contribution in [2.24, 2.45) is 29.6 Å². The molecule has 4 aliphatic carbocycles. The first kappa shape index (κ1) is 15.8. The third-order valence-corrected chi connectivity index (χ3v) is 6.08. The Morgan fingerprint density at radius 3 is 1.86 bits per heavy atom. The lowest BCUT2D eigenvalue weighted by atomic mass is 9.54. The van der Waals surface area contributed by atoms with E-state index in [1.54, 1.807) is 20.8 Å². The minimum Gasteiger partial charge on any atom is -0.466 e. The first-order valence-corrected chi connectivity index (χ1v) is 8.82. The summed E-state index contributed by atoms with van der Waals surface area (Å²) in [5, 5.41) is 0. The molecule has 2 unspecified atom stereocenters. The van der Waals surface area contributed by atoms with Gasteiger partial charge in [0.05, 0.1) is 18.4 Å². The quantitative estimate of drug-likeness (QED) is 0.731. The standard InChI is InChI=1S/C18H28O4/c1-4-21-16(19)11(2)12(3)17(20)22-18-8-13-5-14(9-18)7-15(6-13)10-18/h11-15H,4-10H2,1-3H3. The molecule has 4 bridgehead atoms. The molecular weight excluding hydrogens is 280 g/mol. The minimum atomic E-state index is -0.443. The average Bonchev–Trinajstić information content (AvgIpc) is 2.43. The van der Waals surface area contributed by atoms with E-state index in [2.05, 4.69) is 0 Å². The Labute approximate surface area is 132 Å². The molecule has 0 N–H and O–H groups in total. The van der Waals surface area contributed by atoms with Crippen LogP contribution in [0.5, 0.6) is 0 Å². The van der Waals surface area contributed by atoms with Crippen molar-refractivity contribution in [1.29, 1.82) is 0 Å². The van der Waals surface area contributed by atoms with Crippen molar-refractivity contribution in [2.75, 3.05) is 6.61 Å². The average molecular weight is 308 g/mol. The number of carbonyl (C=O) groups excluding carboxylic acids is 2. The van der Waals surface area contributed by atoms with E-state index >= 15 is 0 Å². The third kappa shape index (κ3) is 2.89. The fourth-order valence-corrected chi connectivity index (χ4v) is 5.14. The van der Waals surface area contributed by atoms with Crippen molar-refractivity contribution in [3.05, 3.63) is 0 Å². The van der Waals surface area contributed by atoms with Gasteiger partial charge in [0.25, 0.3) is 0 Å². The van der Waals surface area contributed by atoms with Crippen LogP contribution in [0, 0.1) is 29.6 Å². The maximum atomic E-state index is 12.5. The summed E-state index contributed by atoms with van der Waals surface area (Å²) in [4.78, 5) is 24.4. The Balaban J connectivity index is 1.63. The Bertz CT molecular complexity index is 421. The van der Waals surface area contributed by atoms with Gasteiger partial charge in [0, 0.05) is 0 Å². The van der Waals surface area contributed by atoms with Crippen molar-refractivity contribution < 1.29 is 19.1 Å². The zero-order valence-electron chi connectivity index (χ0n) is 14.0. The molecule has 2 atom stereocenters. The molecule has 0 aromatic heterocycles. The summed E-state index contributed by atoms with van der Waals surface area (Å²) in [7, 11) is 0. The Hall–Kier alpha value is -1.06. The minimum absolute atomic E-state index is 0.220. The van der Waals surface area contributed by atoms with Crippen LogP contribution in [0.15, 0.2) is 0 Å². The van der Waals surface area contributed by atoms with Crippen LogP contribution < -0.4 is 0 Å². The van der Waals surface area contributed by atoms with Gasteiger partial charge in [-0.05, 0) is 63.2 Å². The van der Waals surface area contributed by atoms with Gasteiger partial charge in [-0.25, -0.2) is 0 Å². The first-order chi connectivity index (χ1) is 10.4. The van der Waals surface area contributed by atoms with Crippen LogP contribution in [0.1, 0.15) is 59.3 Å². The number of rotatable bonds is 5. The van der Waals surface area contributed by atoms with Gasteiger partial charge in [-0.1, -0.05) is 13.8 Å². The number of esters is 2. The maximum Gasteiger partial charge on any atom is 0.310 e. The second kappa shape index (κ2) is 5.86. The van der Waals surface area contributed by atoms with Crippen LogP contribution in [0.2, 0.25) is 0 Å². The summed E-state index contributed by atoms with van der Waals surface area (Å²) >= 11 is 0. The first-order valence-electron chi connectivity index (χ1n) is 8.82. The van der Waals surface area contributed by atoms with E-state index in [4.69, 9.17) is 9.47 Å². The van der Waals surface area contributed by atoms with Gasteiger partial charge in [-0.15, -0.1) is 0 Å². The van der Waals surface area contributed by atoms with Crippen molar-refractivity contribution >= 4 is 11.9 Å². The maximum absolute atomic E-state index is 12.5. The van der Waals surface area contributed by atoms with Crippen LogP contribution in [0.25, 0.3) is 0 Å². The third-order valence-electron chi connectivity index (χ3n) is 6.08. The van der Waals surface area contributed by atoms with Crippen LogP contribution in [0.4, 0.5) is 0 Å². The Morgan fingerprint density at radius 2 is 1.41 bits per heavy atom. The van der Waals surface area contributed by atoms with Crippen LogP contribution >= 0.6 is 0 Å². The topological polar surface area (TPSA) is 52.6 Å². The van der Waals surface area contributed by atoms with Crippen molar-refractivity contribution in [3.63, 3.8) is 0 Å². The fraction of sp³-hybridized carbons (Fsp3) is 0.889. The molecule has 4 aliphatic rings. The molecule has 0 aromatic carbocycles. The van der Waals surface area contributed by atoms with E-state index in [0.29, 0.717) is 6.61 Å². The van der Waals surface area contributed by atoms with Crippen molar-refractivity contribution in [3.8, 4) is 0 Å². The summed E-state index contributed by atoms with van der Waals surface area (Å²) in [5.74, 6) is 0.832. The normalized spacial score (nSPS) is 38.4. The van der Waals surface area contributed by atoms with Crippen LogP contribution in [-0.4, -0.2) is 24.1 Å². The molecule has 4 heteroatoms. The van der Waals surface area contributed by atoms with Gasteiger partial charge in [0.1, 0.15) is 5.60 Å². The molecule has 0 radical (unpaired) electrons. The molecule has 0 aliphatic heterocycles. The molecule has 0 spiro atoms. The second-order valence-corrected chi connectivity index (χ2v) is 7.85. The predicted molar refractivity (Wildman–Crippen MR) is 82.0 cm³/mol. The molecule has 4 nitrogen and oxygen atoms in total. The number of ether oxygens (including phenoxy) is 2. The molecule has 0 aromatic rings. The zero-order chi connectivity index (χ0) is 15.9. The molecule has 4 fully saturated rings. The molecule has 0 heterocycles.